The van der Waals surface area contributed by atoms with Crippen LogP contribution in [0.25, 0.3) is 0 Å². The molecule has 6 nitrogen and oxygen atoms in total. The Labute approximate surface area is 163 Å². The minimum Gasteiger partial charge on any atom is -0.347 e. The summed E-state index contributed by atoms with van der Waals surface area (Å²) < 4.78 is 0. The number of nitrogens with zero attached hydrogens (tertiary/aromatic N) is 1. The molecule has 144 valence electrons. The third kappa shape index (κ3) is 5.61. The minimum atomic E-state index is -0.203. The van der Waals surface area contributed by atoms with Gasteiger partial charge in [0.1, 0.15) is 5.69 Å². The van der Waals surface area contributed by atoms with Crippen LogP contribution in [0.1, 0.15) is 53.2 Å². The van der Waals surface area contributed by atoms with E-state index in [0.29, 0.717) is 25.2 Å². The molecule has 2 amide bonds. The molecule has 1 heterocycles. The van der Waals surface area contributed by atoms with E-state index in [1.807, 2.05) is 24.3 Å². The summed E-state index contributed by atoms with van der Waals surface area (Å²) in [5.74, 6) is 0.0199. The number of thiazole rings is 1. The van der Waals surface area contributed by atoms with Gasteiger partial charge < -0.3 is 16.4 Å². The SMILES string of the molecule is NCCc1nc(C(=O)NCc2cccc(NC(=O)C3CCCCC3)c2)cs1. The van der Waals surface area contributed by atoms with E-state index in [9.17, 15) is 9.59 Å². The highest BCUT2D eigenvalue weighted by Crippen LogP contribution is 2.25. The number of hydrogen-bond donors (Lipinski definition) is 3. The average Bonchev–Trinajstić information content (AvgIpc) is 3.16. The molecule has 3 rings (SSSR count). The van der Waals surface area contributed by atoms with Crippen LogP contribution in [-0.4, -0.2) is 23.3 Å². The van der Waals surface area contributed by atoms with Crippen molar-refractivity contribution < 1.29 is 9.59 Å². The second-order valence-electron chi connectivity index (χ2n) is 6.87. The normalized spacial score (nSPS) is 14.7. The minimum absolute atomic E-state index is 0.103. The Balaban J connectivity index is 1.53. The molecule has 0 atom stereocenters. The number of carbonyl (C=O) groups is 2. The highest BCUT2D eigenvalue weighted by atomic mass is 32.1. The summed E-state index contributed by atoms with van der Waals surface area (Å²) in [7, 11) is 0. The molecule has 0 unspecified atom stereocenters. The molecule has 0 aliphatic heterocycles. The summed E-state index contributed by atoms with van der Waals surface area (Å²) in [5.41, 5.74) is 7.64. The van der Waals surface area contributed by atoms with Crippen molar-refractivity contribution >= 4 is 28.8 Å². The van der Waals surface area contributed by atoms with Crippen molar-refractivity contribution in [1.82, 2.24) is 10.3 Å². The molecule has 27 heavy (non-hydrogen) atoms. The van der Waals surface area contributed by atoms with E-state index >= 15 is 0 Å². The third-order valence-electron chi connectivity index (χ3n) is 4.77. The molecule has 7 heteroatoms. The van der Waals surface area contributed by atoms with Gasteiger partial charge in [-0.25, -0.2) is 4.98 Å². The van der Waals surface area contributed by atoms with E-state index in [-0.39, 0.29) is 17.7 Å². The summed E-state index contributed by atoms with van der Waals surface area (Å²) in [5, 5.41) is 8.51. The zero-order valence-electron chi connectivity index (χ0n) is 15.4. The van der Waals surface area contributed by atoms with E-state index in [4.69, 9.17) is 5.73 Å². The van der Waals surface area contributed by atoms with Crippen molar-refractivity contribution in [2.75, 3.05) is 11.9 Å². The van der Waals surface area contributed by atoms with Gasteiger partial charge in [0.15, 0.2) is 0 Å². The second-order valence-corrected chi connectivity index (χ2v) is 7.82. The van der Waals surface area contributed by atoms with Crippen LogP contribution >= 0.6 is 11.3 Å². The quantitative estimate of drug-likeness (QED) is 0.681. The number of carbonyl (C=O) groups excluding carboxylic acids is 2. The summed E-state index contributed by atoms with van der Waals surface area (Å²) in [6.07, 6.45) is 6.12. The van der Waals surface area contributed by atoms with Crippen LogP contribution in [0.3, 0.4) is 0 Å². The lowest BCUT2D eigenvalue weighted by atomic mass is 9.88. The smallest absolute Gasteiger partial charge is 0.271 e. The summed E-state index contributed by atoms with van der Waals surface area (Å²) in [6.45, 7) is 0.906. The monoisotopic (exact) mass is 386 g/mol. The molecule has 2 aromatic rings. The lowest BCUT2D eigenvalue weighted by Gasteiger charge is -2.20. The van der Waals surface area contributed by atoms with Gasteiger partial charge in [-0.05, 0) is 37.1 Å². The maximum atomic E-state index is 12.4. The summed E-state index contributed by atoms with van der Waals surface area (Å²) >= 11 is 1.45. The molecule has 0 bridgehead atoms. The molecule has 1 aliphatic rings. The van der Waals surface area contributed by atoms with E-state index < -0.39 is 0 Å². The molecule has 0 radical (unpaired) electrons. The number of aromatic nitrogens is 1. The Morgan fingerprint density at radius 2 is 2.04 bits per heavy atom. The molecule has 1 saturated carbocycles. The van der Waals surface area contributed by atoms with E-state index in [0.717, 1.165) is 41.9 Å². The van der Waals surface area contributed by atoms with Gasteiger partial charge in [0, 0.05) is 30.0 Å². The van der Waals surface area contributed by atoms with Gasteiger partial charge >= 0.3 is 0 Å². The zero-order chi connectivity index (χ0) is 19.1. The van der Waals surface area contributed by atoms with Crippen LogP contribution in [-0.2, 0) is 17.8 Å². The van der Waals surface area contributed by atoms with Crippen molar-refractivity contribution in [1.29, 1.82) is 0 Å². The van der Waals surface area contributed by atoms with Crippen LogP contribution in [0.4, 0.5) is 5.69 Å². The summed E-state index contributed by atoms with van der Waals surface area (Å²) in [4.78, 5) is 28.9. The Kier molecular flexibility index (Phi) is 6.95. The molecule has 1 aromatic carbocycles. The number of nitrogens with one attached hydrogen (secondary N) is 2. The first-order chi connectivity index (χ1) is 13.2. The number of benzene rings is 1. The molecular weight excluding hydrogens is 360 g/mol. The van der Waals surface area contributed by atoms with Crippen LogP contribution in [0.15, 0.2) is 29.6 Å². The number of amides is 2. The Bertz CT molecular complexity index is 784. The van der Waals surface area contributed by atoms with Crippen LogP contribution < -0.4 is 16.4 Å². The fraction of sp³-hybridized carbons (Fsp3) is 0.450. The van der Waals surface area contributed by atoms with Crippen LogP contribution in [0, 0.1) is 5.92 Å². The number of hydrogen-bond acceptors (Lipinski definition) is 5. The standard InChI is InChI=1S/C20H26N4O2S/c21-10-9-18-24-17(13-27-18)20(26)22-12-14-5-4-8-16(11-14)23-19(25)15-6-2-1-3-7-15/h4-5,8,11,13,15H,1-3,6-7,9-10,12,21H2,(H,22,26)(H,23,25). The lowest BCUT2D eigenvalue weighted by molar-refractivity contribution is -0.120. The van der Waals surface area contributed by atoms with Crippen molar-refractivity contribution in [2.45, 2.75) is 45.1 Å². The van der Waals surface area contributed by atoms with Gasteiger partial charge in [-0.1, -0.05) is 31.4 Å². The number of nitrogens with two attached hydrogens (primary N) is 1. The van der Waals surface area contributed by atoms with E-state index in [1.54, 1.807) is 5.38 Å². The van der Waals surface area contributed by atoms with Gasteiger partial charge in [-0.3, -0.25) is 9.59 Å². The van der Waals surface area contributed by atoms with Gasteiger partial charge in [-0.2, -0.15) is 0 Å². The Morgan fingerprint density at radius 1 is 1.22 bits per heavy atom. The predicted octanol–water partition coefficient (Wildman–Crippen LogP) is 3.09. The predicted molar refractivity (Wildman–Crippen MR) is 108 cm³/mol. The van der Waals surface area contributed by atoms with Gasteiger partial charge in [0.05, 0.1) is 5.01 Å². The number of anilines is 1. The molecule has 1 aliphatic carbocycles. The van der Waals surface area contributed by atoms with Crippen molar-refractivity contribution in [2.24, 2.45) is 11.7 Å². The first kappa shape index (κ1) is 19.5. The molecule has 1 fully saturated rings. The highest BCUT2D eigenvalue weighted by molar-refractivity contribution is 7.09. The molecule has 4 N–H and O–H groups in total. The first-order valence-corrected chi connectivity index (χ1v) is 10.4. The van der Waals surface area contributed by atoms with Crippen molar-refractivity contribution in [3.8, 4) is 0 Å². The fourth-order valence-corrected chi connectivity index (χ4v) is 4.09. The van der Waals surface area contributed by atoms with Crippen LogP contribution in [0.5, 0.6) is 0 Å². The largest absolute Gasteiger partial charge is 0.347 e. The van der Waals surface area contributed by atoms with Crippen molar-refractivity contribution in [3.63, 3.8) is 0 Å². The average molecular weight is 387 g/mol. The molecule has 0 spiro atoms. The second kappa shape index (κ2) is 9.62. The lowest BCUT2D eigenvalue weighted by Crippen LogP contribution is -2.25. The van der Waals surface area contributed by atoms with Crippen LogP contribution in [0.2, 0.25) is 0 Å². The maximum Gasteiger partial charge on any atom is 0.271 e. The Hall–Kier alpha value is -2.25. The Morgan fingerprint density at radius 3 is 2.81 bits per heavy atom. The van der Waals surface area contributed by atoms with Gasteiger partial charge in [0.25, 0.3) is 5.91 Å². The van der Waals surface area contributed by atoms with Crippen molar-refractivity contribution in [3.05, 3.63) is 45.9 Å². The fourth-order valence-electron chi connectivity index (χ4n) is 3.29. The molecule has 1 aromatic heterocycles. The summed E-state index contributed by atoms with van der Waals surface area (Å²) in [6, 6.07) is 7.60. The number of rotatable bonds is 7. The molecule has 0 saturated heterocycles. The van der Waals surface area contributed by atoms with Gasteiger partial charge in [-0.15, -0.1) is 11.3 Å². The highest BCUT2D eigenvalue weighted by Gasteiger charge is 2.21. The first-order valence-electron chi connectivity index (χ1n) is 9.48. The zero-order valence-corrected chi connectivity index (χ0v) is 16.2. The van der Waals surface area contributed by atoms with E-state index in [2.05, 4.69) is 15.6 Å². The topological polar surface area (TPSA) is 97.1 Å². The third-order valence-corrected chi connectivity index (χ3v) is 5.67. The van der Waals surface area contributed by atoms with Gasteiger partial charge in [0.2, 0.25) is 5.91 Å². The van der Waals surface area contributed by atoms with E-state index in [1.165, 1.54) is 17.8 Å². The molecular formula is C20H26N4O2S. The maximum absolute atomic E-state index is 12.4.